The summed E-state index contributed by atoms with van der Waals surface area (Å²) < 4.78 is 18.5. The van der Waals surface area contributed by atoms with Crippen molar-refractivity contribution in [3.63, 3.8) is 0 Å². The number of rotatable bonds is 5. The number of benzene rings is 3. The highest BCUT2D eigenvalue weighted by Crippen LogP contribution is 2.51. The van der Waals surface area contributed by atoms with Gasteiger partial charge in [0, 0.05) is 17.3 Å². The van der Waals surface area contributed by atoms with Gasteiger partial charge in [0.05, 0.1) is 13.2 Å². The Bertz CT molecular complexity index is 1380. The molecule has 0 amide bonds. The maximum Gasteiger partial charge on any atom is 0.351 e. The first-order valence-electron chi connectivity index (χ1n) is 11.4. The summed E-state index contributed by atoms with van der Waals surface area (Å²) >= 11 is 0. The number of aliphatic hydroxyl groups excluding tert-OH is 1. The molecule has 1 fully saturated rings. The highest BCUT2D eigenvalue weighted by atomic mass is 16.7. The molecule has 3 aromatic carbocycles. The minimum Gasteiger partial charge on any atom is -0.457 e. The lowest BCUT2D eigenvalue weighted by molar-refractivity contribution is -0.0992. The molecule has 1 saturated heterocycles. The van der Waals surface area contributed by atoms with Crippen molar-refractivity contribution in [1.29, 1.82) is 0 Å². The van der Waals surface area contributed by atoms with Gasteiger partial charge in [-0.15, -0.1) is 0 Å². The highest BCUT2D eigenvalue weighted by Gasteiger charge is 2.44. The van der Waals surface area contributed by atoms with Gasteiger partial charge in [0.1, 0.15) is 22.9 Å². The van der Waals surface area contributed by atoms with Gasteiger partial charge in [0.2, 0.25) is 0 Å². The molecular weight excluding hydrogens is 446 g/mol. The Morgan fingerprint density at radius 1 is 0.943 bits per heavy atom. The largest absolute Gasteiger partial charge is 0.457 e. The summed E-state index contributed by atoms with van der Waals surface area (Å²) in [5.41, 5.74) is 1.46. The molecule has 176 valence electrons. The molecule has 2 N–H and O–H groups in total. The molecule has 2 unspecified atom stereocenters. The van der Waals surface area contributed by atoms with Crippen LogP contribution in [0.25, 0.3) is 0 Å². The van der Waals surface area contributed by atoms with Crippen LogP contribution in [0.1, 0.15) is 22.9 Å². The van der Waals surface area contributed by atoms with Crippen molar-refractivity contribution >= 4 is 5.82 Å². The van der Waals surface area contributed by atoms with Crippen LogP contribution in [0.3, 0.4) is 0 Å². The second-order valence-corrected chi connectivity index (χ2v) is 8.37. The predicted molar refractivity (Wildman–Crippen MR) is 128 cm³/mol. The average Bonchev–Trinajstić information content (AvgIpc) is 3.38. The van der Waals surface area contributed by atoms with E-state index in [1.807, 2.05) is 78.9 Å². The smallest absolute Gasteiger partial charge is 0.351 e. The molecule has 2 aliphatic heterocycles. The van der Waals surface area contributed by atoms with Crippen molar-refractivity contribution in [3.8, 4) is 11.5 Å². The Morgan fingerprint density at radius 2 is 1.60 bits per heavy atom. The van der Waals surface area contributed by atoms with Crippen LogP contribution in [0.5, 0.6) is 11.5 Å². The van der Waals surface area contributed by atoms with E-state index in [2.05, 4.69) is 10.3 Å². The van der Waals surface area contributed by atoms with Crippen LogP contribution < -0.4 is 15.7 Å². The van der Waals surface area contributed by atoms with Crippen LogP contribution >= 0.6 is 0 Å². The van der Waals surface area contributed by atoms with E-state index in [1.165, 1.54) is 4.57 Å². The summed E-state index contributed by atoms with van der Waals surface area (Å²) in [6.07, 6.45) is 0.233. The van der Waals surface area contributed by atoms with Gasteiger partial charge in [0.15, 0.2) is 12.5 Å². The van der Waals surface area contributed by atoms with Gasteiger partial charge in [-0.25, -0.2) is 4.79 Å². The summed E-state index contributed by atoms with van der Waals surface area (Å²) in [4.78, 5) is 17.3. The van der Waals surface area contributed by atoms with Crippen molar-refractivity contribution in [2.45, 2.75) is 18.1 Å². The molecule has 0 spiro atoms. The lowest BCUT2D eigenvalue weighted by Gasteiger charge is -2.41. The van der Waals surface area contributed by atoms with Crippen molar-refractivity contribution < 1.29 is 19.3 Å². The summed E-state index contributed by atoms with van der Waals surface area (Å²) in [6.45, 7) is -0.121. The van der Waals surface area contributed by atoms with Crippen LogP contribution in [0.15, 0.2) is 95.9 Å². The molecule has 0 radical (unpaired) electrons. The molecule has 6 rings (SSSR count). The Kier molecular flexibility index (Phi) is 5.33. The molecule has 4 aromatic rings. The lowest BCUT2D eigenvalue weighted by atomic mass is 9.75. The van der Waals surface area contributed by atoms with Crippen molar-refractivity contribution in [1.82, 2.24) is 9.55 Å². The Balaban J connectivity index is 1.49. The van der Waals surface area contributed by atoms with Gasteiger partial charge < -0.3 is 24.6 Å². The Labute approximate surface area is 201 Å². The molecule has 2 atom stereocenters. The average molecular weight is 469 g/mol. The summed E-state index contributed by atoms with van der Waals surface area (Å²) in [5, 5.41) is 12.8. The van der Waals surface area contributed by atoms with Crippen LogP contribution in [-0.2, 0) is 15.0 Å². The quantitative estimate of drug-likeness (QED) is 0.461. The second-order valence-electron chi connectivity index (χ2n) is 8.37. The molecule has 1 aromatic heterocycles. The minimum absolute atomic E-state index is 0.158. The number of ether oxygens (including phenoxy) is 3. The fraction of sp³-hybridized carbons (Fsp3) is 0.185. The molecule has 0 aliphatic carbocycles. The van der Waals surface area contributed by atoms with Gasteiger partial charge in [0.25, 0.3) is 0 Å². The van der Waals surface area contributed by atoms with E-state index in [0.29, 0.717) is 5.82 Å². The van der Waals surface area contributed by atoms with Crippen LogP contribution in [0.4, 0.5) is 5.82 Å². The normalized spacial score (nSPS) is 19.9. The van der Waals surface area contributed by atoms with Crippen molar-refractivity contribution in [2.24, 2.45) is 0 Å². The van der Waals surface area contributed by atoms with Crippen molar-refractivity contribution in [3.05, 3.63) is 118 Å². The lowest BCUT2D eigenvalue weighted by Crippen LogP contribution is -2.41. The predicted octanol–water partition coefficient (Wildman–Crippen LogP) is 3.62. The van der Waals surface area contributed by atoms with Crippen molar-refractivity contribution in [2.75, 3.05) is 18.5 Å². The number of aliphatic hydroxyl groups is 1. The molecule has 2 aliphatic rings. The third-order valence-electron chi connectivity index (χ3n) is 6.35. The molecule has 0 saturated carbocycles. The van der Waals surface area contributed by atoms with E-state index in [9.17, 15) is 9.90 Å². The topological polar surface area (TPSA) is 94.8 Å². The number of para-hydroxylation sites is 2. The zero-order valence-corrected chi connectivity index (χ0v) is 18.7. The van der Waals surface area contributed by atoms with Gasteiger partial charge in [-0.1, -0.05) is 66.7 Å². The van der Waals surface area contributed by atoms with Gasteiger partial charge in [-0.2, -0.15) is 4.98 Å². The number of fused-ring (bicyclic) bond motifs is 2. The van der Waals surface area contributed by atoms with E-state index in [-0.39, 0.29) is 13.2 Å². The van der Waals surface area contributed by atoms with Gasteiger partial charge >= 0.3 is 5.69 Å². The number of hydrogen-bond donors (Lipinski definition) is 2. The van der Waals surface area contributed by atoms with E-state index in [1.54, 1.807) is 12.3 Å². The molecule has 8 heteroatoms. The Morgan fingerprint density at radius 3 is 2.23 bits per heavy atom. The van der Waals surface area contributed by atoms with E-state index in [4.69, 9.17) is 14.2 Å². The van der Waals surface area contributed by atoms with Crippen LogP contribution in [0.2, 0.25) is 0 Å². The summed E-state index contributed by atoms with van der Waals surface area (Å²) in [5.74, 6) is 1.85. The first-order valence-corrected chi connectivity index (χ1v) is 11.4. The minimum atomic E-state index is -0.854. The van der Waals surface area contributed by atoms with E-state index >= 15 is 0 Å². The second kappa shape index (κ2) is 8.66. The third kappa shape index (κ3) is 3.59. The fourth-order valence-electron chi connectivity index (χ4n) is 4.78. The summed E-state index contributed by atoms with van der Waals surface area (Å²) in [7, 11) is 0. The first-order chi connectivity index (χ1) is 17.2. The SMILES string of the molecule is O=c1nc(NC2(c3ccccc3)c3ccccc3Oc3ccccc32)ccn1C1COC(CO)O1. The zero-order chi connectivity index (χ0) is 23.8. The highest BCUT2D eigenvalue weighted by molar-refractivity contribution is 5.67. The molecule has 35 heavy (non-hydrogen) atoms. The molecular formula is C27H23N3O5. The molecule has 0 bridgehead atoms. The van der Waals surface area contributed by atoms with Gasteiger partial charge in [-0.3, -0.25) is 4.57 Å². The monoisotopic (exact) mass is 469 g/mol. The number of aromatic nitrogens is 2. The zero-order valence-electron chi connectivity index (χ0n) is 18.7. The number of hydrogen-bond acceptors (Lipinski definition) is 7. The van der Waals surface area contributed by atoms with Crippen LogP contribution in [-0.4, -0.2) is 34.2 Å². The maximum absolute atomic E-state index is 13.0. The van der Waals surface area contributed by atoms with E-state index < -0.39 is 23.7 Å². The number of nitrogens with zero attached hydrogens (tertiary/aromatic N) is 2. The fourth-order valence-corrected chi connectivity index (χ4v) is 4.78. The number of anilines is 1. The number of nitrogens with one attached hydrogen (secondary N) is 1. The standard InChI is InChI=1S/C27H23N3O5/c31-16-25-33-17-24(35-25)30-15-14-23(28-26(30)32)29-27(18-8-2-1-3-9-18)19-10-4-6-12-21(19)34-22-13-7-5-11-20(22)27/h1-15,24-25,31H,16-17H2,(H,28,29,32). The summed E-state index contributed by atoms with van der Waals surface area (Å²) in [6, 6.07) is 27.5. The van der Waals surface area contributed by atoms with E-state index in [0.717, 1.165) is 28.2 Å². The molecule has 8 nitrogen and oxygen atoms in total. The maximum atomic E-state index is 13.0. The Hall–Kier alpha value is -3.98. The first kappa shape index (κ1) is 21.5. The third-order valence-corrected chi connectivity index (χ3v) is 6.35. The van der Waals surface area contributed by atoms with Gasteiger partial charge in [-0.05, 0) is 23.8 Å². The molecule has 3 heterocycles. The van der Waals surface area contributed by atoms with Crippen LogP contribution in [0, 0.1) is 0 Å².